The highest BCUT2D eigenvalue weighted by molar-refractivity contribution is 8.13. The first-order chi connectivity index (χ1) is 5.82. The summed E-state index contributed by atoms with van der Waals surface area (Å²) < 4.78 is 58.4. The van der Waals surface area contributed by atoms with E-state index in [0.29, 0.717) is 0 Å². The maximum Gasteiger partial charge on any atom is 0.268 e. The molecule has 0 aromatic carbocycles. The molecule has 0 atom stereocenters. The Morgan fingerprint density at radius 3 is 2.23 bits per heavy atom. The Morgan fingerprint density at radius 2 is 1.85 bits per heavy atom. The molecule has 0 spiro atoms. The molecule has 0 bridgehead atoms. The van der Waals surface area contributed by atoms with Crippen LogP contribution in [0.1, 0.15) is 0 Å². The van der Waals surface area contributed by atoms with E-state index in [1.165, 1.54) is 0 Å². The summed E-state index contributed by atoms with van der Waals surface area (Å²) in [6.45, 7) is 0. The zero-order chi connectivity index (χ0) is 10.2. The summed E-state index contributed by atoms with van der Waals surface area (Å²) in [6, 6.07) is 0.123. The second-order valence-electron chi connectivity index (χ2n) is 1.98. The molecule has 0 saturated heterocycles. The molecule has 1 aromatic rings. The van der Waals surface area contributed by atoms with Crippen LogP contribution < -0.4 is 0 Å². The van der Waals surface area contributed by atoms with E-state index in [-0.39, 0.29) is 6.07 Å². The summed E-state index contributed by atoms with van der Waals surface area (Å²) in [5, 5.41) is 0. The standard InChI is InChI=1S/C5HClF3NO2S/c6-13(11,12)4-2(7)1-3(8)10-5(4)9/h1H. The summed E-state index contributed by atoms with van der Waals surface area (Å²) in [4.78, 5) is 1.02. The number of hydrogen-bond donors (Lipinski definition) is 0. The fourth-order valence-electron chi connectivity index (χ4n) is 0.663. The first-order valence-electron chi connectivity index (χ1n) is 2.78. The van der Waals surface area contributed by atoms with Gasteiger partial charge in [-0.3, -0.25) is 0 Å². The van der Waals surface area contributed by atoms with Crippen LogP contribution in [0, 0.1) is 17.7 Å². The normalized spacial score (nSPS) is 11.7. The number of nitrogens with zero attached hydrogens (tertiary/aromatic N) is 1. The first-order valence-corrected chi connectivity index (χ1v) is 5.09. The van der Waals surface area contributed by atoms with E-state index in [4.69, 9.17) is 0 Å². The first kappa shape index (κ1) is 10.3. The van der Waals surface area contributed by atoms with Crippen LogP contribution in [0.5, 0.6) is 0 Å². The third kappa shape index (κ3) is 2.10. The van der Waals surface area contributed by atoms with Crippen LogP contribution >= 0.6 is 10.7 Å². The minimum Gasteiger partial charge on any atom is -0.207 e. The molecule has 3 nitrogen and oxygen atoms in total. The van der Waals surface area contributed by atoms with E-state index in [1.807, 2.05) is 0 Å². The molecule has 0 unspecified atom stereocenters. The maximum absolute atomic E-state index is 12.6. The quantitative estimate of drug-likeness (QED) is 0.543. The molecule has 13 heavy (non-hydrogen) atoms. The van der Waals surface area contributed by atoms with Crippen molar-refractivity contribution >= 4 is 19.7 Å². The minimum absolute atomic E-state index is 0.123. The average molecular weight is 232 g/mol. The molecular weight excluding hydrogens is 231 g/mol. The molecule has 0 radical (unpaired) electrons. The lowest BCUT2D eigenvalue weighted by Crippen LogP contribution is -2.04. The van der Waals surface area contributed by atoms with Gasteiger partial charge in [0.25, 0.3) is 9.05 Å². The van der Waals surface area contributed by atoms with Crippen LogP contribution in [-0.2, 0) is 9.05 Å². The molecule has 1 rings (SSSR count). The second-order valence-corrected chi connectivity index (χ2v) is 4.49. The summed E-state index contributed by atoms with van der Waals surface area (Å²) in [5.74, 6) is -4.87. The zero-order valence-electron chi connectivity index (χ0n) is 5.76. The van der Waals surface area contributed by atoms with Gasteiger partial charge in [0.2, 0.25) is 11.9 Å². The number of aromatic nitrogens is 1. The predicted octanol–water partition coefficient (Wildman–Crippen LogP) is 1.43. The van der Waals surface area contributed by atoms with Crippen LogP contribution in [0.4, 0.5) is 13.2 Å². The second kappa shape index (κ2) is 3.15. The van der Waals surface area contributed by atoms with Crippen molar-refractivity contribution in [1.82, 2.24) is 4.98 Å². The van der Waals surface area contributed by atoms with Crippen LogP contribution in [0.2, 0.25) is 0 Å². The number of rotatable bonds is 1. The highest BCUT2D eigenvalue weighted by Crippen LogP contribution is 2.21. The van der Waals surface area contributed by atoms with Gasteiger partial charge in [0.1, 0.15) is 0 Å². The van der Waals surface area contributed by atoms with Gasteiger partial charge in [-0.15, -0.1) is 0 Å². The molecule has 0 N–H and O–H groups in total. The van der Waals surface area contributed by atoms with Crippen molar-refractivity contribution in [3.8, 4) is 0 Å². The molecular formula is C5HClF3NO2S. The van der Waals surface area contributed by atoms with Gasteiger partial charge in [0, 0.05) is 16.7 Å². The monoisotopic (exact) mass is 231 g/mol. The van der Waals surface area contributed by atoms with Gasteiger partial charge in [-0.05, 0) is 0 Å². The lowest BCUT2D eigenvalue weighted by molar-refractivity contribution is 0.453. The van der Waals surface area contributed by atoms with E-state index in [0.717, 1.165) is 0 Å². The largest absolute Gasteiger partial charge is 0.268 e. The summed E-state index contributed by atoms with van der Waals surface area (Å²) >= 11 is 0. The van der Waals surface area contributed by atoms with Crippen LogP contribution in [-0.4, -0.2) is 13.4 Å². The van der Waals surface area contributed by atoms with Gasteiger partial charge in [0.05, 0.1) is 0 Å². The van der Waals surface area contributed by atoms with E-state index < -0.39 is 31.7 Å². The molecule has 0 amide bonds. The molecule has 0 aliphatic rings. The molecule has 0 saturated carbocycles. The Kier molecular flexibility index (Phi) is 2.49. The van der Waals surface area contributed by atoms with E-state index in [9.17, 15) is 21.6 Å². The van der Waals surface area contributed by atoms with Gasteiger partial charge in [-0.2, -0.15) is 13.8 Å². The van der Waals surface area contributed by atoms with Crippen LogP contribution in [0.15, 0.2) is 11.0 Å². The van der Waals surface area contributed by atoms with Gasteiger partial charge in [-0.1, -0.05) is 0 Å². The smallest absolute Gasteiger partial charge is 0.207 e. The van der Waals surface area contributed by atoms with Gasteiger partial charge in [-0.25, -0.2) is 12.8 Å². The summed E-state index contributed by atoms with van der Waals surface area (Å²) in [5.41, 5.74) is 0. The predicted molar refractivity (Wildman–Crippen MR) is 37.1 cm³/mol. The van der Waals surface area contributed by atoms with E-state index in [1.54, 1.807) is 0 Å². The van der Waals surface area contributed by atoms with Crippen molar-refractivity contribution in [1.29, 1.82) is 0 Å². The highest BCUT2D eigenvalue weighted by atomic mass is 35.7. The Morgan fingerprint density at radius 1 is 1.31 bits per heavy atom. The summed E-state index contributed by atoms with van der Waals surface area (Å²) in [7, 11) is 0.0634. The van der Waals surface area contributed by atoms with Crippen LogP contribution in [0.3, 0.4) is 0 Å². The lowest BCUT2D eigenvalue weighted by Gasteiger charge is -1.98. The third-order valence-corrected chi connectivity index (χ3v) is 2.41. The highest BCUT2D eigenvalue weighted by Gasteiger charge is 2.24. The molecule has 0 fully saturated rings. The minimum atomic E-state index is -4.59. The van der Waals surface area contributed by atoms with Crippen molar-refractivity contribution in [2.75, 3.05) is 0 Å². The zero-order valence-corrected chi connectivity index (χ0v) is 7.33. The Bertz CT molecular complexity index is 424. The Hall–Kier alpha value is -0.820. The summed E-state index contributed by atoms with van der Waals surface area (Å²) in [6.07, 6.45) is 0. The lowest BCUT2D eigenvalue weighted by atomic mass is 10.4. The van der Waals surface area contributed by atoms with Gasteiger partial charge >= 0.3 is 0 Å². The molecule has 1 aromatic heterocycles. The van der Waals surface area contributed by atoms with E-state index >= 15 is 0 Å². The molecule has 1 heterocycles. The number of pyridine rings is 1. The fraction of sp³-hybridized carbons (Fsp3) is 0. The molecule has 8 heteroatoms. The van der Waals surface area contributed by atoms with Crippen molar-refractivity contribution < 1.29 is 21.6 Å². The van der Waals surface area contributed by atoms with Crippen molar-refractivity contribution in [3.05, 3.63) is 23.8 Å². The number of hydrogen-bond acceptors (Lipinski definition) is 3. The number of halogens is 4. The Labute approximate surface area is 75.6 Å². The molecule has 72 valence electrons. The Balaban J connectivity index is 3.57. The third-order valence-electron chi connectivity index (χ3n) is 1.10. The van der Waals surface area contributed by atoms with Crippen LogP contribution in [0.25, 0.3) is 0 Å². The SMILES string of the molecule is O=S(=O)(Cl)c1c(F)cc(F)nc1F. The van der Waals surface area contributed by atoms with Crippen molar-refractivity contribution in [3.63, 3.8) is 0 Å². The molecule has 0 aliphatic carbocycles. The van der Waals surface area contributed by atoms with Crippen molar-refractivity contribution in [2.24, 2.45) is 0 Å². The topological polar surface area (TPSA) is 47.0 Å². The average Bonchev–Trinajstić information content (AvgIpc) is 1.78. The fourth-order valence-corrected chi connectivity index (χ4v) is 1.61. The maximum atomic E-state index is 12.6. The van der Waals surface area contributed by atoms with Gasteiger partial charge < -0.3 is 0 Å². The van der Waals surface area contributed by atoms with Gasteiger partial charge in [0.15, 0.2) is 10.7 Å². The molecule has 0 aliphatic heterocycles. The van der Waals surface area contributed by atoms with E-state index in [2.05, 4.69) is 15.7 Å². The van der Waals surface area contributed by atoms with Crippen molar-refractivity contribution in [2.45, 2.75) is 4.90 Å².